The van der Waals surface area contributed by atoms with E-state index in [1.54, 1.807) is 0 Å². The van der Waals surface area contributed by atoms with Crippen molar-refractivity contribution in [1.29, 1.82) is 0 Å². The number of nitrogens with two attached hydrogens (primary N) is 1. The predicted octanol–water partition coefficient (Wildman–Crippen LogP) is 3.85. The summed E-state index contributed by atoms with van der Waals surface area (Å²) >= 11 is 5.55. The van der Waals surface area contributed by atoms with Crippen molar-refractivity contribution in [2.75, 3.05) is 23.8 Å². The highest BCUT2D eigenvalue weighted by Gasteiger charge is 2.39. The van der Waals surface area contributed by atoms with Crippen molar-refractivity contribution in [1.82, 2.24) is 0 Å². The molecule has 2 aliphatic rings. The van der Waals surface area contributed by atoms with Gasteiger partial charge in [-0.25, -0.2) is 0 Å². The first-order valence-electron chi connectivity index (χ1n) is 7.11. The van der Waals surface area contributed by atoms with E-state index >= 15 is 0 Å². The molecule has 0 aromatic heterocycles. The van der Waals surface area contributed by atoms with Gasteiger partial charge in [-0.1, -0.05) is 6.07 Å². The number of ether oxygens (including phenoxy) is 2. The second-order valence-corrected chi connectivity index (χ2v) is 7.61. The molecule has 2 heterocycles. The fourth-order valence-electron chi connectivity index (χ4n) is 2.99. The molecule has 1 aromatic rings. The molecule has 2 aliphatic heterocycles. The maximum atomic E-state index is 6.19. The van der Waals surface area contributed by atoms with Crippen molar-refractivity contribution >= 4 is 33.4 Å². The molecule has 1 atom stereocenters. The van der Waals surface area contributed by atoms with Gasteiger partial charge in [0.15, 0.2) is 5.75 Å². The van der Waals surface area contributed by atoms with E-state index in [1.165, 1.54) is 11.5 Å². The Morgan fingerprint density at radius 1 is 1.35 bits per heavy atom. The third kappa shape index (κ3) is 3.10. The Hall–Kier alpha value is -0.390. The van der Waals surface area contributed by atoms with Gasteiger partial charge in [-0.3, -0.25) is 0 Å². The second kappa shape index (κ2) is 6.16. The van der Waals surface area contributed by atoms with E-state index < -0.39 is 0 Å². The molecule has 0 amide bonds. The van der Waals surface area contributed by atoms with E-state index in [4.69, 9.17) is 15.2 Å². The summed E-state index contributed by atoms with van der Waals surface area (Å²) in [5, 5.41) is 0. The molecule has 3 rings (SSSR count). The van der Waals surface area contributed by atoms with Gasteiger partial charge in [0.2, 0.25) is 0 Å². The van der Waals surface area contributed by atoms with Crippen LogP contribution < -0.4 is 10.5 Å². The van der Waals surface area contributed by atoms with Crippen LogP contribution in [-0.4, -0.2) is 29.8 Å². The van der Waals surface area contributed by atoms with Crippen LogP contribution in [0.1, 0.15) is 25.7 Å². The molecule has 110 valence electrons. The molecule has 20 heavy (non-hydrogen) atoms. The first-order valence-corrected chi connectivity index (χ1v) is 9.06. The number of hydrogen-bond acceptors (Lipinski definition) is 4. The van der Waals surface area contributed by atoms with Crippen LogP contribution in [0, 0.1) is 0 Å². The summed E-state index contributed by atoms with van der Waals surface area (Å²) in [6.45, 7) is 0.791. The Bertz CT molecular complexity index is 451. The summed E-state index contributed by atoms with van der Waals surface area (Å²) < 4.78 is 13.2. The maximum absolute atomic E-state index is 6.19. The predicted molar refractivity (Wildman–Crippen MR) is 87.4 cm³/mol. The zero-order valence-electron chi connectivity index (χ0n) is 11.4. The Balaban J connectivity index is 1.71. The highest BCUT2D eigenvalue weighted by Crippen LogP contribution is 2.40. The number of benzene rings is 1. The molecule has 0 aliphatic carbocycles. The smallest absolute Gasteiger partial charge is 0.156 e. The average Bonchev–Trinajstić information content (AvgIpc) is 2.44. The monoisotopic (exact) mass is 357 g/mol. The molecule has 1 spiro atoms. The second-order valence-electron chi connectivity index (χ2n) is 5.53. The van der Waals surface area contributed by atoms with Crippen LogP contribution in [0.3, 0.4) is 0 Å². The Labute approximate surface area is 132 Å². The molecule has 1 unspecified atom stereocenters. The zero-order valence-corrected chi connectivity index (χ0v) is 13.8. The minimum Gasteiger partial charge on any atom is -0.487 e. The minimum absolute atomic E-state index is 0.0458. The minimum atomic E-state index is 0.0458. The van der Waals surface area contributed by atoms with Gasteiger partial charge < -0.3 is 15.2 Å². The highest BCUT2D eigenvalue weighted by atomic mass is 79.9. The van der Waals surface area contributed by atoms with Crippen LogP contribution >= 0.6 is 27.7 Å². The lowest BCUT2D eigenvalue weighted by Crippen LogP contribution is -2.46. The molecular formula is C15H20BrNO2S. The molecular weight excluding hydrogens is 338 g/mol. The van der Waals surface area contributed by atoms with Crippen molar-refractivity contribution in [2.24, 2.45) is 0 Å². The zero-order chi connectivity index (χ0) is 14.0. The Morgan fingerprint density at radius 2 is 2.15 bits per heavy atom. The summed E-state index contributed by atoms with van der Waals surface area (Å²) in [6, 6.07) is 5.78. The Morgan fingerprint density at radius 3 is 2.90 bits per heavy atom. The first kappa shape index (κ1) is 14.5. The van der Waals surface area contributed by atoms with Crippen molar-refractivity contribution in [3.63, 3.8) is 0 Å². The lowest BCUT2D eigenvalue weighted by molar-refractivity contribution is -0.116. The normalized spacial score (nSPS) is 25.6. The van der Waals surface area contributed by atoms with Crippen LogP contribution in [0.2, 0.25) is 0 Å². The number of halogens is 1. The lowest BCUT2D eigenvalue weighted by Gasteiger charge is -2.43. The summed E-state index contributed by atoms with van der Waals surface area (Å²) in [7, 11) is 0. The Kier molecular flexibility index (Phi) is 4.48. The third-order valence-electron chi connectivity index (χ3n) is 4.13. The number of para-hydroxylation sites is 1. The van der Waals surface area contributed by atoms with Crippen LogP contribution in [0.4, 0.5) is 5.69 Å². The lowest BCUT2D eigenvalue weighted by atomic mass is 9.86. The van der Waals surface area contributed by atoms with Gasteiger partial charge in [0.1, 0.15) is 6.10 Å². The van der Waals surface area contributed by atoms with Crippen molar-refractivity contribution in [3.8, 4) is 5.75 Å². The molecule has 0 radical (unpaired) electrons. The van der Waals surface area contributed by atoms with Gasteiger partial charge in [-0.05, 0) is 52.4 Å². The van der Waals surface area contributed by atoms with Gasteiger partial charge >= 0.3 is 0 Å². The molecule has 3 nitrogen and oxygen atoms in total. The maximum Gasteiger partial charge on any atom is 0.156 e. The molecule has 2 saturated heterocycles. The molecule has 0 saturated carbocycles. The number of nitrogen functional groups attached to an aromatic ring is 1. The first-order chi connectivity index (χ1) is 9.69. The third-order valence-corrected chi connectivity index (χ3v) is 5.74. The molecule has 2 fully saturated rings. The fourth-order valence-corrected chi connectivity index (χ4v) is 4.70. The highest BCUT2D eigenvalue weighted by molar-refractivity contribution is 9.10. The number of rotatable bonds is 2. The standard InChI is InChI=1S/C15H20BrNO2S/c16-12-2-1-3-13(17)14(12)19-11-4-7-18-15(10-11)5-8-20-9-6-15/h1-3,11H,4-10,17H2. The summed E-state index contributed by atoms with van der Waals surface area (Å²) in [6.07, 6.45) is 4.41. The van der Waals surface area contributed by atoms with Crippen molar-refractivity contribution < 1.29 is 9.47 Å². The molecule has 0 bridgehead atoms. The van der Waals surface area contributed by atoms with E-state index in [-0.39, 0.29) is 11.7 Å². The van der Waals surface area contributed by atoms with Crippen LogP contribution in [-0.2, 0) is 4.74 Å². The summed E-state index contributed by atoms with van der Waals surface area (Å²) in [5.74, 6) is 3.17. The van der Waals surface area contributed by atoms with E-state index in [2.05, 4.69) is 15.9 Å². The van der Waals surface area contributed by atoms with E-state index in [1.807, 2.05) is 30.0 Å². The number of anilines is 1. The molecule has 1 aromatic carbocycles. The topological polar surface area (TPSA) is 44.5 Å². The average molecular weight is 358 g/mol. The van der Waals surface area contributed by atoms with Gasteiger partial charge in [0, 0.05) is 12.8 Å². The van der Waals surface area contributed by atoms with Gasteiger partial charge in [-0.15, -0.1) is 0 Å². The van der Waals surface area contributed by atoms with Crippen LogP contribution in [0.15, 0.2) is 22.7 Å². The van der Waals surface area contributed by atoms with Crippen LogP contribution in [0.5, 0.6) is 5.75 Å². The number of thioether (sulfide) groups is 1. The molecule has 5 heteroatoms. The van der Waals surface area contributed by atoms with Crippen LogP contribution in [0.25, 0.3) is 0 Å². The largest absolute Gasteiger partial charge is 0.487 e. The van der Waals surface area contributed by atoms with E-state index in [9.17, 15) is 0 Å². The number of hydrogen-bond donors (Lipinski definition) is 1. The van der Waals surface area contributed by atoms with Gasteiger partial charge in [-0.2, -0.15) is 11.8 Å². The van der Waals surface area contributed by atoms with Gasteiger partial charge in [0.25, 0.3) is 0 Å². The van der Waals surface area contributed by atoms with E-state index in [0.29, 0.717) is 5.69 Å². The summed E-state index contributed by atoms with van der Waals surface area (Å²) in [4.78, 5) is 0. The SMILES string of the molecule is Nc1cccc(Br)c1OC1CCOC2(CCSCC2)C1. The van der Waals surface area contributed by atoms with Gasteiger partial charge in [0.05, 0.1) is 22.4 Å². The fraction of sp³-hybridized carbons (Fsp3) is 0.600. The quantitative estimate of drug-likeness (QED) is 0.816. The van der Waals surface area contributed by atoms with Crippen molar-refractivity contribution in [2.45, 2.75) is 37.4 Å². The summed E-state index contributed by atoms with van der Waals surface area (Å²) in [5.41, 5.74) is 6.76. The van der Waals surface area contributed by atoms with Crippen molar-refractivity contribution in [3.05, 3.63) is 22.7 Å². The molecule has 2 N–H and O–H groups in total. The van der Waals surface area contributed by atoms with E-state index in [0.717, 1.165) is 42.5 Å².